The normalized spacial score (nSPS) is 23.5. The molecule has 3 nitrogen and oxygen atoms in total. The predicted molar refractivity (Wildman–Crippen MR) is 59.7 cm³/mol. The van der Waals surface area contributed by atoms with E-state index in [9.17, 15) is 0 Å². The van der Waals surface area contributed by atoms with Crippen LogP contribution in [0.5, 0.6) is 0 Å². The van der Waals surface area contributed by atoms with Gasteiger partial charge >= 0.3 is 0 Å². The Bertz CT molecular complexity index is 319. The van der Waals surface area contributed by atoms with Crippen molar-refractivity contribution >= 4 is 16.7 Å². The Morgan fingerprint density at radius 2 is 2.29 bits per heavy atom. The van der Waals surface area contributed by atoms with Gasteiger partial charge in [0.2, 0.25) is 5.13 Å². The van der Waals surface area contributed by atoms with Crippen LogP contribution in [-0.2, 0) is 6.42 Å². The van der Waals surface area contributed by atoms with E-state index in [0.29, 0.717) is 11.5 Å². The summed E-state index contributed by atoms with van der Waals surface area (Å²) < 4.78 is 4.30. The summed E-state index contributed by atoms with van der Waals surface area (Å²) in [4.78, 5) is 4.44. The first-order valence-corrected chi connectivity index (χ1v) is 5.98. The standard InChI is InChI=1S/C10H17N3S/c1-4-5-8-12-9(14-13-8)11-7-6-10(7,2)3/h7H,4-6H2,1-3H3,(H,11,12,13). The number of nitrogens with zero attached hydrogens (tertiary/aromatic N) is 2. The molecular formula is C10H17N3S. The predicted octanol–water partition coefficient (Wildman–Crippen LogP) is 2.70. The van der Waals surface area contributed by atoms with Crippen LogP contribution in [0.3, 0.4) is 0 Å². The van der Waals surface area contributed by atoms with Gasteiger partial charge in [-0.15, -0.1) is 0 Å². The van der Waals surface area contributed by atoms with Gasteiger partial charge in [0.25, 0.3) is 0 Å². The Balaban J connectivity index is 1.91. The lowest BCUT2D eigenvalue weighted by Crippen LogP contribution is -2.07. The van der Waals surface area contributed by atoms with Gasteiger partial charge in [0.1, 0.15) is 5.82 Å². The van der Waals surface area contributed by atoms with Crippen LogP contribution < -0.4 is 5.32 Å². The number of hydrogen-bond donors (Lipinski definition) is 1. The summed E-state index contributed by atoms with van der Waals surface area (Å²) in [6.07, 6.45) is 3.35. The first kappa shape index (κ1) is 9.90. The van der Waals surface area contributed by atoms with Gasteiger partial charge in [-0.2, -0.15) is 4.37 Å². The minimum absolute atomic E-state index is 0.455. The number of hydrogen-bond acceptors (Lipinski definition) is 4. The summed E-state index contributed by atoms with van der Waals surface area (Å²) in [5.74, 6) is 0.985. The molecule has 1 N–H and O–H groups in total. The molecule has 0 amide bonds. The molecule has 0 aliphatic heterocycles. The minimum Gasteiger partial charge on any atom is -0.357 e. The Morgan fingerprint density at radius 1 is 1.57 bits per heavy atom. The average molecular weight is 211 g/mol. The van der Waals surface area contributed by atoms with Crippen LogP contribution >= 0.6 is 11.5 Å². The lowest BCUT2D eigenvalue weighted by atomic mass is 10.2. The molecule has 78 valence electrons. The molecule has 1 unspecified atom stereocenters. The van der Waals surface area contributed by atoms with Crippen molar-refractivity contribution in [3.05, 3.63) is 5.82 Å². The second-order valence-corrected chi connectivity index (χ2v) is 5.41. The molecule has 0 aromatic carbocycles. The molecule has 0 spiro atoms. The molecule has 1 aromatic heterocycles. The first-order valence-electron chi connectivity index (χ1n) is 5.21. The van der Waals surface area contributed by atoms with E-state index in [-0.39, 0.29) is 0 Å². The number of nitrogens with one attached hydrogen (secondary N) is 1. The van der Waals surface area contributed by atoms with Gasteiger partial charge in [0.15, 0.2) is 0 Å². The molecule has 1 aliphatic rings. The highest BCUT2D eigenvalue weighted by Gasteiger charge is 2.46. The molecule has 1 aliphatic carbocycles. The maximum absolute atomic E-state index is 4.44. The van der Waals surface area contributed by atoms with Crippen LogP contribution in [0.4, 0.5) is 5.13 Å². The highest BCUT2D eigenvalue weighted by atomic mass is 32.1. The third kappa shape index (κ3) is 2.05. The first-order chi connectivity index (χ1) is 6.62. The largest absolute Gasteiger partial charge is 0.357 e. The molecule has 14 heavy (non-hydrogen) atoms. The Kier molecular flexibility index (Phi) is 2.47. The molecule has 0 radical (unpaired) electrons. The van der Waals surface area contributed by atoms with Crippen molar-refractivity contribution in [1.29, 1.82) is 0 Å². The quantitative estimate of drug-likeness (QED) is 0.832. The molecule has 1 fully saturated rings. The van der Waals surface area contributed by atoms with Crippen molar-refractivity contribution in [2.24, 2.45) is 5.41 Å². The van der Waals surface area contributed by atoms with Crippen molar-refractivity contribution in [2.75, 3.05) is 5.32 Å². The number of anilines is 1. The summed E-state index contributed by atoms with van der Waals surface area (Å²) in [6.45, 7) is 6.70. The number of aromatic nitrogens is 2. The SMILES string of the molecule is CCCc1nsc(NC2CC2(C)C)n1. The van der Waals surface area contributed by atoms with E-state index in [4.69, 9.17) is 0 Å². The second-order valence-electron chi connectivity index (χ2n) is 4.66. The number of aryl methyl sites for hydroxylation is 1. The van der Waals surface area contributed by atoms with Crippen LogP contribution in [0.25, 0.3) is 0 Å². The van der Waals surface area contributed by atoms with Crippen molar-refractivity contribution in [2.45, 2.75) is 46.1 Å². The fraction of sp³-hybridized carbons (Fsp3) is 0.800. The van der Waals surface area contributed by atoms with E-state index in [2.05, 4.69) is 35.4 Å². The number of rotatable bonds is 4. The highest BCUT2D eigenvalue weighted by Crippen LogP contribution is 2.46. The van der Waals surface area contributed by atoms with Crippen molar-refractivity contribution in [1.82, 2.24) is 9.36 Å². The molecule has 4 heteroatoms. The molecule has 1 atom stereocenters. The Morgan fingerprint density at radius 3 is 2.86 bits per heavy atom. The van der Waals surface area contributed by atoms with Gasteiger partial charge < -0.3 is 5.32 Å². The monoisotopic (exact) mass is 211 g/mol. The van der Waals surface area contributed by atoms with Crippen LogP contribution in [0.15, 0.2) is 0 Å². The zero-order valence-electron chi connectivity index (χ0n) is 9.00. The third-order valence-electron chi connectivity index (χ3n) is 2.75. The summed E-state index contributed by atoms with van der Waals surface area (Å²) in [7, 11) is 0. The van der Waals surface area contributed by atoms with Gasteiger partial charge in [-0.1, -0.05) is 20.8 Å². The molecule has 0 bridgehead atoms. The summed E-state index contributed by atoms with van der Waals surface area (Å²) in [5, 5.41) is 4.42. The molecule has 1 aromatic rings. The van der Waals surface area contributed by atoms with Gasteiger partial charge in [-0.3, -0.25) is 0 Å². The topological polar surface area (TPSA) is 37.8 Å². The van der Waals surface area contributed by atoms with Crippen LogP contribution in [0.1, 0.15) is 39.4 Å². The summed E-state index contributed by atoms with van der Waals surface area (Å²) in [5.41, 5.74) is 0.455. The summed E-state index contributed by atoms with van der Waals surface area (Å²) >= 11 is 1.49. The van der Waals surface area contributed by atoms with Gasteiger partial charge in [0.05, 0.1) is 0 Å². The van der Waals surface area contributed by atoms with Crippen LogP contribution in [0.2, 0.25) is 0 Å². The smallest absolute Gasteiger partial charge is 0.202 e. The van der Waals surface area contributed by atoms with Gasteiger partial charge in [0, 0.05) is 24.0 Å². The van der Waals surface area contributed by atoms with Gasteiger partial charge in [-0.05, 0) is 18.3 Å². The Labute approximate surface area is 89.1 Å². The van der Waals surface area contributed by atoms with Crippen molar-refractivity contribution < 1.29 is 0 Å². The van der Waals surface area contributed by atoms with E-state index >= 15 is 0 Å². The molecule has 2 rings (SSSR count). The maximum Gasteiger partial charge on any atom is 0.202 e. The van der Waals surface area contributed by atoms with Crippen LogP contribution in [0, 0.1) is 5.41 Å². The van der Waals surface area contributed by atoms with Gasteiger partial charge in [-0.25, -0.2) is 4.98 Å². The highest BCUT2D eigenvalue weighted by molar-refractivity contribution is 7.09. The average Bonchev–Trinajstić information content (AvgIpc) is 2.55. The van der Waals surface area contributed by atoms with E-state index in [1.165, 1.54) is 18.0 Å². The molecular weight excluding hydrogens is 194 g/mol. The molecule has 0 saturated heterocycles. The summed E-state index contributed by atoms with van der Waals surface area (Å²) in [6, 6.07) is 0.602. The minimum atomic E-state index is 0.455. The fourth-order valence-corrected chi connectivity index (χ4v) is 2.17. The van der Waals surface area contributed by atoms with Crippen LogP contribution in [-0.4, -0.2) is 15.4 Å². The van der Waals surface area contributed by atoms with E-state index in [1.807, 2.05) is 0 Å². The zero-order chi connectivity index (χ0) is 10.2. The van der Waals surface area contributed by atoms with Crippen molar-refractivity contribution in [3.8, 4) is 0 Å². The fourth-order valence-electron chi connectivity index (χ4n) is 1.50. The van der Waals surface area contributed by atoms with Crippen molar-refractivity contribution in [3.63, 3.8) is 0 Å². The zero-order valence-corrected chi connectivity index (χ0v) is 9.82. The van der Waals surface area contributed by atoms with E-state index in [1.54, 1.807) is 0 Å². The Hall–Kier alpha value is -0.640. The molecule has 1 heterocycles. The van der Waals surface area contributed by atoms with E-state index < -0.39 is 0 Å². The molecule has 1 saturated carbocycles. The van der Waals surface area contributed by atoms with E-state index in [0.717, 1.165) is 23.8 Å². The second kappa shape index (κ2) is 3.50. The lowest BCUT2D eigenvalue weighted by Gasteiger charge is -2.02. The third-order valence-corrected chi connectivity index (χ3v) is 3.44. The lowest BCUT2D eigenvalue weighted by molar-refractivity contribution is 0.630. The maximum atomic E-state index is 4.44.